The van der Waals surface area contributed by atoms with Crippen LogP contribution in [0.5, 0.6) is 0 Å². The van der Waals surface area contributed by atoms with Gasteiger partial charge in [-0.05, 0) is 6.42 Å². The SMILES string of the molecule is CCCCO.Cl.[C-]1=CC=CC1.[Hf]. The third-order valence-corrected chi connectivity index (χ3v) is 1.10. The van der Waals surface area contributed by atoms with Crippen molar-refractivity contribution in [2.45, 2.75) is 26.2 Å². The Labute approximate surface area is 100 Å². The van der Waals surface area contributed by atoms with Crippen molar-refractivity contribution in [3.8, 4) is 0 Å². The summed E-state index contributed by atoms with van der Waals surface area (Å²) in [4.78, 5) is 0. The summed E-state index contributed by atoms with van der Waals surface area (Å²) in [6.07, 6.45) is 12.0. The van der Waals surface area contributed by atoms with E-state index in [1.165, 1.54) is 0 Å². The maximum absolute atomic E-state index is 8.07. The van der Waals surface area contributed by atoms with E-state index >= 15 is 0 Å². The second-order valence-corrected chi connectivity index (χ2v) is 2.08. The molecule has 70 valence electrons. The van der Waals surface area contributed by atoms with Gasteiger partial charge in [0, 0.05) is 32.5 Å². The molecule has 12 heavy (non-hydrogen) atoms. The average molecular weight is 354 g/mol. The molecule has 0 aromatic carbocycles. The zero-order valence-corrected chi connectivity index (χ0v) is 11.8. The third-order valence-electron chi connectivity index (χ3n) is 1.10. The Morgan fingerprint density at radius 1 is 1.50 bits per heavy atom. The number of unbranched alkanes of at least 4 members (excludes halogenated alkanes) is 1. The second kappa shape index (κ2) is 17.6. The molecule has 1 rings (SSSR count). The van der Waals surface area contributed by atoms with Gasteiger partial charge in [-0.15, -0.1) is 18.8 Å². The van der Waals surface area contributed by atoms with Crippen LogP contribution < -0.4 is 0 Å². The molecule has 0 fully saturated rings. The number of hydrogen-bond donors (Lipinski definition) is 1. The molecule has 1 aliphatic rings. The fourth-order valence-corrected chi connectivity index (χ4v) is 0.498. The third kappa shape index (κ3) is 16.9. The van der Waals surface area contributed by atoms with Crippen molar-refractivity contribution < 1.29 is 30.9 Å². The van der Waals surface area contributed by atoms with Crippen molar-refractivity contribution in [2.75, 3.05) is 6.61 Å². The van der Waals surface area contributed by atoms with Crippen LogP contribution in [0.2, 0.25) is 0 Å². The van der Waals surface area contributed by atoms with E-state index in [0.717, 1.165) is 19.3 Å². The number of allylic oxidation sites excluding steroid dienone is 4. The van der Waals surface area contributed by atoms with Crippen LogP contribution in [0.3, 0.4) is 0 Å². The van der Waals surface area contributed by atoms with Gasteiger partial charge in [0.15, 0.2) is 0 Å². The quantitative estimate of drug-likeness (QED) is 0.597. The first-order chi connectivity index (χ1) is 4.91. The number of halogens is 1. The van der Waals surface area contributed by atoms with E-state index in [0.29, 0.717) is 6.61 Å². The minimum Gasteiger partial charge on any atom is -0.396 e. The Hall–Kier alpha value is 0.600. The van der Waals surface area contributed by atoms with Crippen molar-refractivity contribution in [3.63, 3.8) is 0 Å². The van der Waals surface area contributed by atoms with Gasteiger partial charge in [0.2, 0.25) is 0 Å². The van der Waals surface area contributed by atoms with Gasteiger partial charge in [-0.3, -0.25) is 6.08 Å². The first-order valence-corrected chi connectivity index (χ1v) is 3.74. The minimum atomic E-state index is 0. The molecular weight excluding hydrogens is 338 g/mol. The summed E-state index contributed by atoms with van der Waals surface area (Å²) >= 11 is 0. The summed E-state index contributed by atoms with van der Waals surface area (Å²) in [5, 5.41) is 8.07. The largest absolute Gasteiger partial charge is 0.396 e. The molecule has 0 aromatic heterocycles. The van der Waals surface area contributed by atoms with Gasteiger partial charge in [-0.1, -0.05) is 13.3 Å². The molecule has 3 heteroatoms. The van der Waals surface area contributed by atoms with Gasteiger partial charge in [-0.2, -0.15) is 6.08 Å². The smallest absolute Gasteiger partial charge is 0.0430 e. The van der Waals surface area contributed by atoms with Gasteiger partial charge < -0.3 is 5.11 Å². The van der Waals surface area contributed by atoms with Crippen LogP contribution in [0.25, 0.3) is 0 Å². The molecule has 0 saturated heterocycles. The first-order valence-electron chi connectivity index (χ1n) is 3.74. The standard InChI is InChI=1S/C5H5.C4H10O.ClH.Hf/c1-2-4-5-3-1;1-2-3-4-5;;/h1-3H,4H2;5H,2-4H2,1H3;1H;/q-1;;;. The van der Waals surface area contributed by atoms with E-state index in [1.54, 1.807) is 0 Å². The van der Waals surface area contributed by atoms with Gasteiger partial charge in [-0.25, -0.2) is 12.2 Å². The first kappa shape index (κ1) is 18.4. The van der Waals surface area contributed by atoms with E-state index < -0.39 is 0 Å². The summed E-state index contributed by atoms with van der Waals surface area (Å²) < 4.78 is 0. The normalized spacial score (nSPS) is 10.8. The van der Waals surface area contributed by atoms with Crippen molar-refractivity contribution in [3.05, 3.63) is 24.3 Å². The van der Waals surface area contributed by atoms with E-state index in [4.69, 9.17) is 5.11 Å². The predicted molar refractivity (Wildman–Crippen MR) is 50.8 cm³/mol. The summed E-state index contributed by atoms with van der Waals surface area (Å²) in [6, 6.07) is 0. The van der Waals surface area contributed by atoms with Crippen molar-refractivity contribution in [2.24, 2.45) is 0 Å². The van der Waals surface area contributed by atoms with Crippen LogP contribution in [0, 0.1) is 6.08 Å². The van der Waals surface area contributed by atoms with Gasteiger partial charge in [0.1, 0.15) is 0 Å². The van der Waals surface area contributed by atoms with Crippen LogP contribution in [0.4, 0.5) is 0 Å². The molecule has 0 aliphatic heterocycles. The molecule has 1 aliphatic carbocycles. The molecule has 1 N–H and O–H groups in total. The Morgan fingerprint density at radius 3 is 2.25 bits per heavy atom. The fourth-order valence-electron chi connectivity index (χ4n) is 0.498. The molecule has 0 atom stereocenters. The summed E-state index contributed by atoms with van der Waals surface area (Å²) in [7, 11) is 0. The zero-order valence-electron chi connectivity index (χ0n) is 7.42. The molecule has 0 radical (unpaired) electrons. The molecule has 0 heterocycles. The van der Waals surface area contributed by atoms with Crippen molar-refractivity contribution >= 4 is 12.4 Å². The van der Waals surface area contributed by atoms with Crippen LogP contribution in [-0.4, -0.2) is 11.7 Å². The molecule has 1 nitrogen and oxygen atoms in total. The fraction of sp³-hybridized carbons (Fsp3) is 0.556. The van der Waals surface area contributed by atoms with Crippen molar-refractivity contribution in [1.82, 2.24) is 0 Å². The Balaban J connectivity index is -0.000000116. The van der Waals surface area contributed by atoms with E-state index in [-0.39, 0.29) is 38.3 Å². The Morgan fingerprint density at radius 2 is 2.17 bits per heavy atom. The van der Waals surface area contributed by atoms with Gasteiger partial charge >= 0.3 is 0 Å². The molecular formula is C9H16ClHfO-. The summed E-state index contributed by atoms with van der Waals surface area (Å²) in [5.74, 6) is 0. The molecule has 0 saturated carbocycles. The molecule has 0 spiro atoms. The molecule has 0 unspecified atom stereocenters. The van der Waals surface area contributed by atoms with Gasteiger partial charge in [0.25, 0.3) is 0 Å². The van der Waals surface area contributed by atoms with Crippen LogP contribution in [0.1, 0.15) is 26.2 Å². The monoisotopic (exact) mass is 355 g/mol. The summed E-state index contributed by atoms with van der Waals surface area (Å²) in [6.45, 7) is 2.40. The maximum atomic E-state index is 8.07. The van der Waals surface area contributed by atoms with E-state index in [2.05, 4.69) is 19.1 Å². The number of hydrogen-bond acceptors (Lipinski definition) is 1. The molecule has 0 bridgehead atoms. The maximum Gasteiger partial charge on any atom is 0.0430 e. The van der Waals surface area contributed by atoms with E-state index in [9.17, 15) is 0 Å². The van der Waals surface area contributed by atoms with Crippen LogP contribution in [0.15, 0.2) is 18.2 Å². The Bertz CT molecular complexity index is 101. The zero-order chi connectivity index (χ0) is 7.66. The van der Waals surface area contributed by atoms with Gasteiger partial charge in [0.05, 0.1) is 0 Å². The topological polar surface area (TPSA) is 20.2 Å². The minimum absolute atomic E-state index is 0. The number of aliphatic hydroxyl groups is 1. The van der Waals surface area contributed by atoms with Crippen LogP contribution >= 0.6 is 12.4 Å². The average Bonchev–Trinajstić information content (AvgIpc) is 2.44. The van der Waals surface area contributed by atoms with Crippen molar-refractivity contribution in [1.29, 1.82) is 0 Å². The number of rotatable bonds is 2. The second-order valence-electron chi connectivity index (χ2n) is 2.08. The molecule has 0 amide bonds. The number of aliphatic hydroxyl groups excluding tert-OH is 1. The Kier molecular flexibility index (Phi) is 27.0. The summed E-state index contributed by atoms with van der Waals surface area (Å²) in [5.41, 5.74) is 0. The van der Waals surface area contributed by atoms with E-state index in [1.807, 2.05) is 12.2 Å². The van der Waals surface area contributed by atoms with Crippen LogP contribution in [-0.2, 0) is 25.8 Å². The predicted octanol–water partition coefficient (Wildman–Crippen LogP) is 2.50. The molecule has 0 aromatic rings.